The Hall–Kier alpha value is -0.820. The van der Waals surface area contributed by atoms with Crippen molar-refractivity contribution < 1.29 is 20.7 Å². The maximum atomic E-state index is 12.5. The van der Waals surface area contributed by atoms with Gasteiger partial charge in [0.15, 0.2) is 0 Å². The van der Waals surface area contributed by atoms with Gasteiger partial charge in [-0.1, -0.05) is 19.8 Å². The molecule has 0 bridgehead atoms. The van der Waals surface area contributed by atoms with Crippen molar-refractivity contribution in [3.05, 3.63) is 34.3 Å². The zero-order valence-electron chi connectivity index (χ0n) is 10.3. The highest BCUT2D eigenvalue weighted by Gasteiger charge is 2.23. The number of ether oxygens (including phenoxy) is 1. The van der Waals surface area contributed by atoms with Crippen LogP contribution in [0.5, 0.6) is 0 Å². The van der Waals surface area contributed by atoms with Crippen molar-refractivity contribution in [1.29, 1.82) is 0 Å². The topological polar surface area (TPSA) is 89.7 Å². The molecular weight excluding hydrogens is 409 g/mol. The molecular formula is C9H7BrFN3O4S3. The van der Waals surface area contributed by atoms with Crippen molar-refractivity contribution in [2.24, 2.45) is 13.2 Å². The van der Waals surface area contributed by atoms with E-state index in [9.17, 15) is 12.3 Å². The Labute approximate surface area is 135 Å². The Kier molecular flexibility index (Phi) is 5.48. The fourth-order valence-electron chi connectivity index (χ4n) is 1.23. The van der Waals surface area contributed by atoms with Crippen LogP contribution >= 0.6 is 28.1 Å². The van der Waals surface area contributed by atoms with E-state index < -0.39 is 21.5 Å². The molecule has 0 fully saturated rings. The van der Waals surface area contributed by atoms with Crippen LogP contribution in [0.1, 0.15) is 5.56 Å². The number of amidine groups is 1. The first-order chi connectivity index (χ1) is 9.89. The van der Waals surface area contributed by atoms with Crippen LogP contribution in [0.2, 0.25) is 0 Å². The molecule has 0 amide bonds. The first-order valence-corrected chi connectivity index (χ1v) is 9.05. The quantitative estimate of drug-likeness (QED) is 0.327. The highest BCUT2D eigenvalue weighted by Crippen LogP contribution is 2.22. The third-order valence-electron chi connectivity index (χ3n) is 2.00. The van der Waals surface area contributed by atoms with Crippen LogP contribution in [0.4, 0.5) is 3.89 Å². The van der Waals surface area contributed by atoms with Crippen molar-refractivity contribution in [3.8, 4) is 0 Å². The van der Waals surface area contributed by atoms with Gasteiger partial charge in [0.1, 0.15) is 23.1 Å². The molecule has 12 heteroatoms. The van der Waals surface area contributed by atoms with Gasteiger partial charge in [0, 0.05) is 10.0 Å². The van der Waals surface area contributed by atoms with Crippen molar-refractivity contribution in [2.75, 3.05) is 7.11 Å². The van der Waals surface area contributed by atoms with Crippen molar-refractivity contribution >= 4 is 60.6 Å². The van der Waals surface area contributed by atoms with Crippen LogP contribution in [0.3, 0.4) is 0 Å². The molecule has 21 heavy (non-hydrogen) atoms. The highest BCUT2D eigenvalue weighted by atomic mass is 79.9. The normalized spacial score (nSPS) is 19.1. The van der Waals surface area contributed by atoms with Gasteiger partial charge in [-0.25, -0.2) is 0 Å². The van der Waals surface area contributed by atoms with E-state index >= 15 is 0 Å². The molecule has 0 spiro atoms. The van der Waals surface area contributed by atoms with Crippen molar-refractivity contribution in [2.45, 2.75) is 0 Å². The van der Waals surface area contributed by atoms with Crippen LogP contribution in [-0.4, -0.2) is 26.6 Å². The van der Waals surface area contributed by atoms with Gasteiger partial charge in [-0.05, 0) is 24.3 Å². The number of hydrogen-bond acceptors (Lipinski definition) is 8. The molecule has 1 aliphatic heterocycles. The summed E-state index contributed by atoms with van der Waals surface area (Å²) in [5.41, 5.74) is 0.631. The maximum Gasteiger partial charge on any atom is 0.449 e. The number of benzene rings is 1. The number of rotatable bonds is 3. The molecule has 1 aromatic carbocycles. The summed E-state index contributed by atoms with van der Waals surface area (Å²) in [6, 6.07) is 7.03. The Morgan fingerprint density at radius 2 is 2.10 bits per heavy atom. The number of nitrogens with zero attached hydrogens (tertiary/aromatic N) is 3. The molecule has 2 rings (SSSR count). The minimum atomic E-state index is -5.15. The van der Waals surface area contributed by atoms with Gasteiger partial charge in [-0.2, -0.15) is 21.4 Å². The predicted molar refractivity (Wildman–Crippen MR) is 83.6 cm³/mol. The Balaban J connectivity index is 2.28. The second-order valence-corrected chi connectivity index (χ2v) is 7.42. The molecule has 1 atom stereocenters. The largest absolute Gasteiger partial charge is 0.480 e. The predicted octanol–water partition coefficient (Wildman–Crippen LogP) is 2.72. The van der Waals surface area contributed by atoms with Crippen molar-refractivity contribution in [3.63, 3.8) is 0 Å². The van der Waals surface area contributed by atoms with Gasteiger partial charge in [-0.15, -0.1) is 3.77 Å². The highest BCUT2D eigenvalue weighted by molar-refractivity contribution is 9.10. The molecule has 1 heterocycles. The van der Waals surface area contributed by atoms with Gasteiger partial charge >= 0.3 is 10.5 Å². The molecule has 0 N–H and O–H groups in total. The fourth-order valence-corrected chi connectivity index (χ4v) is 3.95. The molecule has 0 saturated heterocycles. The second kappa shape index (κ2) is 6.96. The lowest BCUT2D eigenvalue weighted by Crippen LogP contribution is -2.13. The standard InChI is InChI=1S/C9H7BrFN3O4S3/c1-17-8(6-2-4-7(10)5-3-6)12-9-13-19-14-20(9)18-21(11,15)16/h2-5H,1H3/b12-8-. The lowest BCUT2D eigenvalue weighted by atomic mass is 10.2. The summed E-state index contributed by atoms with van der Waals surface area (Å²) >= 11 is 3.98. The average molecular weight is 416 g/mol. The van der Waals surface area contributed by atoms with Crippen molar-refractivity contribution in [1.82, 2.24) is 0 Å². The maximum absolute atomic E-state index is 12.5. The van der Waals surface area contributed by atoms with E-state index in [0.717, 1.165) is 4.47 Å². The Morgan fingerprint density at radius 3 is 2.67 bits per heavy atom. The zero-order valence-corrected chi connectivity index (χ0v) is 14.3. The molecule has 1 aliphatic rings. The number of hydrogen-bond donors (Lipinski definition) is 0. The number of halogens is 2. The lowest BCUT2D eigenvalue weighted by Gasteiger charge is -2.05. The van der Waals surface area contributed by atoms with Gasteiger partial charge < -0.3 is 4.74 Å². The summed E-state index contributed by atoms with van der Waals surface area (Å²) in [5, 5.41) is -0.0824. The second-order valence-electron chi connectivity index (χ2n) is 3.37. The van der Waals surface area contributed by atoms with E-state index in [2.05, 4.69) is 32.7 Å². The van der Waals surface area contributed by atoms with Gasteiger partial charge in [0.05, 0.1) is 7.11 Å². The number of methoxy groups -OCH3 is 1. The van der Waals surface area contributed by atoms with Crippen LogP contribution < -0.4 is 0 Å². The van der Waals surface area contributed by atoms with Gasteiger partial charge in [0.2, 0.25) is 11.1 Å². The summed E-state index contributed by atoms with van der Waals surface area (Å²) in [5.74, 6) is 0.177. The first kappa shape index (κ1) is 16.5. The smallest absolute Gasteiger partial charge is 0.449 e. The van der Waals surface area contributed by atoms with E-state index in [0.29, 0.717) is 17.7 Å². The molecule has 0 aliphatic carbocycles. The monoisotopic (exact) mass is 415 g/mol. The number of aliphatic imine (C=N–C) groups is 1. The average Bonchev–Trinajstić information content (AvgIpc) is 2.82. The van der Waals surface area contributed by atoms with E-state index in [-0.39, 0.29) is 11.1 Å². The zero-order chi connectivity index (χ0) is 15.5. The van der Waals surface area contributed by atoms with Gasteiger partial charge in [-0.3, -0.25) is 0 Å². The molecule has 1 unspecified atom stereocenters. The summed E-state index contributed by atoms with van der Waals surface area (Å²) in [7, 11) is -5.49. The van der Waals surface area contributed by atoms with E-state index in [4.69, 9.17) is 4.74 Å². The third kappa shape index (κ3) is 4.85. The van der Waals surface area contributed by atoms with Gasteiger partial charge in [0.25, 0.3) is 0 Å². The minimum absolute atomic E-state index is 0.0824. The van der Waals surface area contributed by atoms with E-state index in [1.54, 1.807) is 24.3 Å². The Bertz CT molecular complexity index is 733. The summed E-state index contributed by atoms with van der Waals surface area (Å²) in [6.07, 6.45) is 0. The van der Waals surface area contributed by atoms with Crippen LogP contribution in [0.25, 0.3) is 0 Å². The summed E-state index contributed by atoms with van der Waals surface area (Å²) in [4.78, 5) is 4.03. The molecule has 114 valence electrons. The SMILES string of the molecule is CO/C(=N\C1=NSN=S1OS(=O)(=O)F)c1ccc(Br)cc1. The lowest BCUT2D eigenvalue weighted by molar-refractivity contribution is 0.405. The van der Waals surface area contributed by atoms with E-state index in [1.807, 2.05) is 0 Å². The summed E-state index contributed by atoms with van der Waals surface area (Å²) in [6.45, 7) is 0. The molecule has 7 nitrogen and oxygen atoms in total. The fraction of sp³-hybridized carbons (Fsp3) is 0.111. The summed E-state index contributed by atoms with van der Waals surface area (Å²) < 4.78 is 51.1. The molecule has 0 saturated carbocycles. The molecule has 1 aromatic rings. The third-order valence-corrected chi connectivity index (χ3v) is 5.37. The molecule has 0 radical (unpaired) electrons. The molecule has 0 aromatic heterocycles. The van der Waals surface area contributed by atoms with Crippen LogP contribution in [0.15, 0.2) is 41.9 Å². The van der Waals surface area contributed by atoms with E-state index in [1.165, 1.54) is 7.11 Å². The van der Waals surface area contributed by atoms with Crippen LogP contribution in [0, 0.1) is 0 Å². The Morgan fingerprint density at radius 1 is 1.43 bits per heavy atom. The first-order valence-electron chi connectivity index (χ1n) is 5.12. The minimum Gasteiger partial charge on any atom is -0.480 e. The van der Waals surface area contributed by atoms with Crippen LogP contribution in [-0.2, 0) is 29.8 Å².